The summed E-state index contributed by atoms with van der Waals surface area (Å²) in [4.78, 5) is 3.94. The first-order valence-corrected chi connectivity index (χ1v) is 9.76. The maximum absolute atomic E-state index is 10.7. The van der Waals surface area contributed by atoms with Crippen molar-refractivity contribution < 1.29 is 14.6 Å². The highest BCUT2D eigenvalue weighted by atomic mass is 16.5. The summed E-state index contributed by atoms with van der Waals surface area (Å²) in [5, 5.41) is 10.7. The number of allylic oxidation sites excluding steroid dienone is 2. The zero-order valence-electron chi connectivity index (χ0n) is 18.2. The molecule has 0 aromatic rings. The minimum Gasteiger partial charge on any atom is -0.493 e. The smallest absolute Gasteiger partial charge is 0.155 e. The Morgan fingerprint density at radius 2 is 1.92 bits per heavy atom. The van der Waals surface area contributed by atoms with E-state index in [1.165, 1.54) is 0 Å². The van der Waals surface area contributed by atoms with Crippen LogP contribution in [0.25, 0.3) is 0 Å². The van der Waals surface area contributed by atoms with Crippen molar-refractivity contribution in [2.75, 3.05) is 13.7 Å². The molecule has 0 radical (unpaired) electrons. The van der Waals surface area contributed by atoms with Gasteiger partial charge in [-0.15, -0.1) is 0 Å². The topological polar surface area (TPSA) is 77.1 Å². The summed E-state index contributed by atoms with van der Waals surface area (Å²) in [7, 11) is 1.59. The van der Waals surface area contributed by atoms with E-state index in [9.17, 15) is 5.11 Å². The Bertz CT molecular complexity index is 541. The fourth-order valence-electron chi connectivity index (χ4n) is 3.33. The summed E-state index contributed by atoms with van der Waals surface area (Å²) in [6.07, 6.45) is 3.92. The van der Waals surface area contributed by atoms with Crippen LogP contribution in [0.1, 0.15) is 68.2 Å². The third-order valence-electron chi connectivity index (χ3n) is 6.22. The number of nitrogens with two attached hydrogens (primary N) is 1. The van der Waals surface area contributed by atoms with Crippen LogP contribution in [0.4, 0.5) is 0 Å². The predicted molar refractivity (Wildman–Crippen MR) is 108 cm³/mol. The van der Waals surface area contributed by atoms with E-state index in [2.05, 4.69) is 45.7 Å². The standard InChI is InChI=1S/C21H40N2O3/c1-14(2)15(3)10-11-16(4)26-19(6,7)12-13-25-20(8)17(5)21(20,24)18(22)23-9/h11,14-15,17,24H,10,12-13H2,1-9H3,(H2,22,23)/b16-11+/t15-,17+,20?,21?/m0/s1. The number of aliphatic imine (C=N–C) groups is 1. The van der Waals surface area contributed by atoms with Gasteiger partial charge in [-0.05, 0) is 52.0 Å². The molecule has 152 valence electrons. The first kappa shape index (κ1) is 23.0. The van der Waals surface area contributed by atoms with Crippen LogP contribution in [-0.4, -0.2) is 41.4 Å². The van der Waals surface area contributed by atoms with Gasteiger partial charge in [0.15, 0.2) is 5.60 Å². The molecule has 5 heteroatoms. The van der Waals surface area contributed by atoms with Crippen LogP contribution in [-0.2, 0) is 9.47 Å². The molecule has 0 saturated heterocycles. The van der Waals surface area contributed by atoms with E-state index in [0.29, 0.717) is 18.4 Å². The highest BCUT2D eigenvalue weighted by Crippen LogP contribution is 2.56. The molecule has 2 unspecified atom stereocenters. The molecule has 0 amide bonds. The first-order chi connectivity index (χ1) is 11.8. The van der Waals surface area contributed by atoms with Gasteiger partial charge in [0.25, 0.3) is 0 Å². The quantitative estimate of drug-likeness (QED) is 0.348. The zero-order valence-corrected chi connectivity index (χ0v) is 18.2. The predicted octanol–water partition coefficient (Wildman–Crippen LogP) is 3.90. The van der Waals surface area contributed by atoms with E-state index in [1.54, 1.807) is 7.05 Å². The summed E-state index contributed by atoms with van der Waals surface area (Å²) < 4.78 is 12.1. The Labute approximate surface area is 160 Å². The van der Waals surface area contributed by atoms with E-state index in [0.717, 1.165) is 18.6 Å². The lowest BCUT2D eigenvalue weighted by Crippen LogP contribution is -2.40. The van der Waals surface area contributed by atoms with Gasteiger partial charge < -0.3 is 20.3 Å². The molecule has 0 heterocycles. The Morgan fingerprint density at radius 3 is 2.42 bits per heavy atom. The van der Waals surface area contributed by atoms with Crippen molar-refractivity contribution in [3.63, 3.8) is 0 Å². The SMILES string of the molecule is CN=C(N)C1(O)[C@H](C)C1(C)OCCC(C)(C)O/C(C)=C/C[C@H](C)C(C)C. The Hall–Kier alpha value is -1.07. The number of ether oxygens (including phenoxy) is 2. The molecule has 1 aliphatic carbocycles. The molecule has 0 spiro atoms. The van der Waals surface area contributed by atoms with Crippen molar-refractivity contribution in [1.29, 1.82) is 0 Å². The largest absolute Gasteiger partial charge is 0.493 e. The van der Waals surface area contributed by atoms with Crippen LogP contribution in [0.3, 0.4) is 0 Å². The molecule has 1 saturated carbocycles. The molecule has 0 bridgehead atoms. The van der Waals surface area contributed by atoms with Crippen LogP contribution >= 0.6 is 0 Å². The number of aliphatic hydroxyl groups is 1. The van der Waals surface area contributed by atoms with Gasteiger partial charge in [-0.2, -0.15) is 0 Å². The van der Waals surface area contributed by atoms with Crippen molar-refractivity contribution in [3.8, 4) is 0 Å². The molecule has 3 N–H and O–H groups in total. The lowest BCUT2D eigenvalue weighted by Gasteiger charge is -2.28. The van der Waals surface area contributed by atoms with E-state index in [1.807, 2.05) is 20.8 Å². The van der Waals surface area contributed by atoms with Gasteiger partial charge >= 0.3 is 0 Å². The van der Waals surface area contributed by atoms with Crippen LogP contribution in [0.15, 0.2) is 16.8 Å². The lowest BCUT2D eigenvalue weighted by atomic mass is 9.94. The summed E-state index contributed by atoms with van der Waals surface area (Å²) in [5.41, 5.74) is 3.67. The number of rotatable bonds is 10. The van der Waals surface area contributed by atoms with E-state index >= 15 is 0 Å². The average Bonchev–Trinajstić information content (AvgIpc) is 2.97. The molecule has 1 rings (SSSR count). The number of nitrogens with zero attached hydrogens (tertiary/aromatic N) is 1. The Balaban J connectivity index is 2.53. The molecule has 4 atom stereocenters. The molecule has 1 fully saturated rings. The van der Waals surface area contributed by atoms with Gasteiger partial charge in [-0.3, -0.25) is 4.99 Å². The van der Waals surface area contributed by atoms with Crippen LogP contribution in [0.2, 0.25) is 0 Å². The van der Waals surface area contributed by atoms with Gasteiger partial charge in [-0.25, -0.2) is 0 Å². The Kier molecular flexibility index (Phi) is 7.33. The van der Waals surface area contributed by atoms with E-state index in [4.69, 9.17) is 15.2 Å². The molecule has 26 heavy (non-hydrogen) atoms. The van der Waals surface area contributed by atoms with Gasteiger partial charge in [0.1, 0.15) is 17.0 Å². The third kappa shape index (κ3) is 4.80. The highest BCUT2D eigenvalue weighted by Gasteiger charge is 2.75. The molecular weight excluding hydrogens is 328 g/mol. The first-order valence-electron chi connectivity index (χ1n) is 9.76. The molecule has 5 nitrogen and oxygen atoms in total. The van der Waals surface area contributed by atoms with Gasteiger partial charge in [0.2, 0.25) is 0 Å². The summed E-state index contributed by atoms with van der Waals surface area (Å²) in [6, 6.07) is 0. The minimum absolute atomic E-state index is 0.0816. The monoisotopic (exact) mass is 368 g/mol. The van der Waals surface area contributed by atoms with Crippen LogP contribution in [0, 0.1) is 17.8 Å². The van der Waals surface area contributed by atoms with Crippen LogP contribution in [0.5, 0.6) is 0 Å². The van der Waals surface area contributed by atoms with Gasteiger partial charge in [-0.1, -0.05) is 27.7 Å². The fraction of sp³-hybridized carbons (Fsp3) is 0.857. The minimum atomic E-state index is -1.17. The highest BCUT2D eigenvalue weighted by molar-refractivity contribution is 5.94. The van der Waals surface area contributed by atoms with Crippen LogP contribution < -0.4 is 5.73 Å². The van der Waals surface area contributed by atoms with Gasteiger partial charge in [0.05, 0.1) is 12.4 Å². The second kappa shape index (κ2) is 8.30. The Morgan fingerprint density at radius 1 is 1.35 bits per heavy atom. The zero-order chi connectivity index (χ0) is 20.3. The molecular formula is C21H40N2O3. The average molecular weight is 369 g/mol. The maximum Gasteiger partial charge on any atom is 0.155 e. The fourth-order valence-corrected chi connectivity index (χ4v) is 3.33. The molecule has 0 aliphatic heterocycles. The molecule has 1 aliphatic rings. The number of amidine groups is 1. The number of hydrogen-bond donors (Lipinski definition) is 2. The van der Waals surface area contributed by atoms with E-state index in [-0.39, 0.29) is 17.4 Å². The van der Waals surface area contributed by atoms with Crippen molar-refractivity contribution in [1.82, 2.24) is 0 Å². The second-order valence-electron chi connectivity index (χ2n) is 8.94. The molecule has 0 aromatic carbocycles. The number of hydrogen-bond acceptors (Lipinski definition) is 4. The normalized spacial score (nSPS) is 31.3. The second-order valence-corrected chi connectivity index (χ2v) is 8.94. The van der Waals surface area contributed by atoms with Crippen molar-refractivity contribution in [2.45, 2.75) is 85.0 Å². The van der Waals surface area contributed by atoms with E-state index < -0.39 is 11.2 Å². The summed E-state index contributed by atoms with van der Waals surface area (Å²) in [6.45, 7) is 17.2. The maximum atomic E-state index is 10.7. The van der Waals surface area contributed by atoms with Gasteiger partial charge in [0, 0.05) is 19.4 Å². The third-order valence-corrected chi connectivity index (χ3v) is 6.22. The summed E-state index contributed by atoms with van der Waals surface area (Å²) >= 11 is 0. The van der Waals surface area contributed by atoms with Crippen molar-refractivity contribution >= 4 is 5.84 Å². The summed E-state index contributed by atoms with van der Waals surface area (Å²) in [5.74, 6) is 2.41. The molecule has 0 aromatic heterocycles. The van der Waals surface area contributed by atoms with Crippen molar-refractivity contribution in [2.24, 2.45) is 28.5 Å². The van der Waals surface area contributed by atoms with Crippen molar-refractivity contribution in [3.05, 3.63) is 11.8 Å². The lowest BCUT2D eigenvalue weighted by molar-refractivity contribution is -0.0446.